The summed E-state index contributed by atoms with van der Waals surface area (Å²) < 4.78 is 5.81. The van der Waals surface area contributed by atoms with E-state index in [-0.39, 0.29) is 23.1 Å². The van der Waals surface area contributed by atoms with E-state index in [1.54, 1.807) is 53.3 Å². The summed E-state index contributed by atoms with van der Waals surface area (Å²) in [6.07, 6.45) is 0. The highest BCUT2D eigenvalue weighted by molar-refractivity contribution is 9.10. The molecule has 2 amide bonds. The van der Waals surface area contributed by atoms with Gasteiger partial charge in [0.15, 0.2) is 0 Å². The van der Waals surface area contributed by atoms with Gasteiger partial charge in [-0.05, 0) is 42.5 Å². The summed E-state index contributed by atoms with van der Waals surface area (Å²) in [5, 5.41) is 9.97. The monoisotopic (exact) mass is 418 g/mol. The van der Waals surface area contributed by atoms with Crippen LogP contribution in [0.25, 0.3) is 0 Å². The van der Waals surface area contributed by atoms with Gasteiger partial charge in [-0.1, -0.05) is 15.9 Å². The number of benzene rings is 2. The molecule has 26 heavy (non-hydrogen) atoms. The molecule has 0 aromatic heterocycles. The van der Waals surface area contributed by atoms with Crippen LogP contribution in [0.4, 0.5) is 0 Å². The third-order valence-corrected chi connectivity index (χ3v) is 4.87. The van der Waals surface area contributed by atoms with E-state index in [0.29, 0.717) is 42.0 Å². The first kappa shape index (κ1) is 18.3. The van der Waals surface area contributed by atoms with Gasteiger partial charge in [-0.2, -0.15) is 0 Å². The third kappa shape index (κ3) is 3.83. The molecule has 1 heterocycles. The second kappa shape index (κ2) is 7.78. The Labute approximate surface area is 160 Å². The minimum atomic E-state index is -0.230. The van der Waals surface area contributed by atoms with Crippen molar-refractivity contribution in [2.24, 2.45) is 0 Å². The molecule has 0 bridgehead atoms. The van der Waals surface area contributed by atoms with Crippen LogP contribution in [0.3, 0.4) is 0 Å². The second-order valence-electron chi connectivity index (χ2n) is 5.97. The maximum absolute atomic E-state index is 12.6. The van der Waals surface area contributed by atoms with Gasteiger partial charge in [0.25, 0.3) is 11.8 Å². The summed E-state index contributed by atoms with van der Waals surface area (Å²) in [4.78, 5) is 28.5. The lowest BCUT2D eigenvalue weighted by Gasteiger charge is -2.35. The fourth-order valence-electron chi connectivity index (χ4n) is 2.88. The number of nitrogens with zero attached hydrogens (tertiary/aromatic N) is 2. The van der Waals surface area contributed by atoms with E-state index in [1.807, 2.05) is 0 Å². The number of piperazine rings is 1. The predicted molar refractivity (Wildman–Crippen MR) is 101 cm³/mol. The van der Waals surface area contributed by atoms with Crippen molar-refractivity contribution in [1.29, 1.82) is 0 Å². The predicted octanol–water partition coefficient (Wildman–Crippen LogP) is 2.76. The van der Waals surface area contributed by atoms with Gasteiger partial charge in [0.1, 0.15) is 11.5 Å². The molecule has 136 valence electrons. The molecule has 0 saturated carbocycles. The van der Waals surface area contributed by atoms with Crippen LogP contribution in [0.2, 0.25) is 0 Å². The Balaban J connectivity index is 1.63. The quantitative estimate of drug-likeness (QED) is 0.831. The number of halogens is 1. The highest BCUT2D eigenvalue weighted by atomic mass is 79.9. The standard InChI is InChI=1S/C19H19BrN2O4/c1-26-15-5-2-13(3-6-15)18(24)21-8-10-22(11-9-21)19(25)16-7-4-14(20)12-17(16)23/h2-7,12,23H,8-11H2,1H3. The third-order valence-electron chi connectivity index (χ3n) is 4.38. The molecule has 0 radical (unpaired) electrons. The van der Waals surface area contributed by atoms with Crippen LogP contribution in [0.5, 0.6) is 11.5 Å². The molecule has 1 aliphatic rings. The molecule has 0 spiro atoms. The maximum Gasteiger partial charge on any atom is 0.257 e. The molecule has 1 fully saturated rings. The summed E-state index contributed by atoms with van der Waals surface area (Å²) in [6, 6.07) is 11.8. The molecule has 2 aromatic rings. The Morgan fingerprint density at radius 2 is 1.54 bits per heavy atom. The second-order valence-corrected chi connectivity index (χ2v) is 6.89. The van der Waals surface area contributed by atoms with Crippen molar-refractivity contribution in [3.05, 3.63) is 58.1 Å². The molecule has 3 rings (SSSR count). The van der Waals surface area contributed by atoms with E-state index >= 15 is 0 Å². The molecular weight excluding hydrogens is 400 g/mol. The molecule has 0 aliphatic carbocycles. The number of hydrogen-bond donors (Lipinski definition) is 1. The van der Waals surface area contributed by atoms with Crippen LogP contribution in [-0.4, -0.2) is 60.0 Å². The summed E-state index contributed by atoms with van der Waals surface area (Å²) in [7, 11) is 1.58. The average Bonchev–Trinajstić information content (AvgIpc) is 2.67. The van der Waals surface area contributed by atoms with Crippen LogP contribution in [0, 0.1) is 0 Å². The topological polar surface area (TPSA) is 70.1 Å². The van der Waals surface area contributed by atoms with Gasteiger partial charge in [-0.25, -0.2) is 0 Å². The van der Waals surface area contributed by atoms with Gasteiger partial charge in [0, 0.05) is 36.2 Å². The minimum Gasteiger partial charge on any atom is -0.507 e. The number of ether oxygens (including phenoxy) is 1. The fraction of sp³-hybridized carbons (Fsp3) is 0.263. The number of carbonyl (C=O) groups is 2. The first-order chi connectivity index (χ1) is 12.5. The Hall–Kier alpha value is -2.54. The number of methoxy groups -OCH3 is 1. The average molecular weight is 419 g/mol. The Bertz CT molecular complexity index is 815. The molecule has 1 saturated heterocycles. The van der Waals surface area contributed by atoms with Crippen molar-refractivity contribution in [3.63, 3.8) is 0 Å². The van der Waals surface area contributed by atoms with Crippen LogP contribution in [-0.2, 0) is 0 Å². The van der Waals surface area contributed by atoms with E-state index in [1.165, 1.54) is 6.07 Å². The van der Waals surface area contributed by atoms with Crippen LogP contribution in [0.1, 0.15) is 20.7 Å². The number of carbonyl (C=O) groups excluding carboxylic acids is 2. The van der Waals surface area contributed by atoms with E-state index < -0.39 is 0 Å². The SMILES string of the molecule is COc1ccc(C(=O)N2CCN(C(=O)c3ccc(Br)cc3O)CC2)cc1. The van der Waals surface area contributed by atoms with Gasteiger partial charge in [-0.15, -0.1) is 0 Å². The highest BCUT2D eigenvalue weighted by Gasteiger charge is 2.26. The number of phenolic OH excluding ortho intramolecular Hbond substituents is 1. The van der Waals surface area contributed by atoms with E-state index in [2.05, 4.69) is 15.9 Å². The molecule has 0 atom stereocenters. The van der Waals surface area contributed by atoms with Crippen molar-refractivity contribution < 1.29 is 19.4 Å². The zero-order chi connectivity index (χ0) is 18.7. The van der Waals surface area contributed by atoms with Gasteiger partial charge in [-0.3, -0.25) is 9.59 Å². The maximum atomic E-state index is 12.6. The smallest absolute Gasteiger partial charge is 0.257 e. The Morgan fingerprint density at radius 1 is 0.962 bits per heavy atom. The first-order valence-electron chi connectivity index (χ1n) is 8.20. The lowest BCUT2D eigenvalue weighted by atomic mass is 10.1. The number of rotatable bonds is 3. The fourth-order valence-corrected chi connectivity index (χ4v) is 3.23. The Morgan fingerprint density at radius 3 is 2.08 bits per heavy atom. The summed E-state index contributed by atoms with van der Waals surface area (Å²) >= 11 is 3.26. The van der Waals surface area contributed by atoms with E-state index in [9.17, 15) is 14.7 Å². The van der Waals surface area contributed by atoms with Gasteiger partial charge < -0.3 is 19.6 Å². The normalized spacial score (nSPS) is 14.2. The molecular formula is C19H19BrN2O4. The summed E-state index contributed by atoms with van der Waals surface area (Å²) in [6.45, 7) is 1.76. The van der Waals surface area contributed by atoms with Crippen molar-refractivity contribution in [1.82, 2.24) is 9.80 Å². The first-order valence-corrected chi connectivity index (χ1v) is 9.00. The summed E-state index contributed by atoms with van der Waals surface area (Å²) in [5.41, 5.74) is 0.860. The van der Waals surface area contributed by atoms with Crippen molar-refractivity contribution in [2.75, 3.05) is 33.3 Å². The number of hydrogen-bond acceptors (Lipinski definition) is 4. The summed E-state index contributed by atoms with van der Waals surface area (Å²) in [5.74, 6) is 0.352. The minimum absolute atomic E-state index is 0.0545. The lowest BCUT2D eigenvalue weighted by molar-refractivity contribution is 0.0533. The number of amides is 2. The Kier molecular flexibility index (Phi) is 5.46. The molecule has 2 aromatic carbocycles. The van der Waals surface area contributed by atoms with Crippen LogP contribution < -0.4 is 4.74 Å². The molecule has 7 heteroatoms. The van der Waals surface area contributed by atoms with E-state index in [4.69, 9.17) is 4.74 Å². The van der Waals surface area contributed by atoms with Crippen molar-refractivity contribution in [2.45, 2.75) is 0 Å². The molecule has 0 unspecified atom stereocenters. The van der Waals surface area contributed by atoms with Crippen LogP contribution >= 0.6 is 15.9 Å². The largest absolute Gasteiger partial charge is 0.507 e. The zero-order valence-corrected chi connectivity index (χ0v) is 15.9. The molecule has 1 N–H and O–H groups in total. The number of phenols is 1. The van der Waals surface area contributed by atoms with Crippen LogP contribution in [0.15, 0.2) is 46.9 Å². The van der Waals surface area contributed by atoms with Gasteiger partial charge in [0.05, 0.1) is 12.7 Å². The number of aromatic hydroxyl groups is 1. The highest BCUT2D eigenvalue weighted by Crippen LogP contribution is 2.24. The van der Waals surface area contributed by atoms with Crippen molar-refractivity contribution >= 4 is 27.7 Å². The lowest BCUT2D eigenvalue weighted by Crippen LogP contribution is -2.50. The van der Waals surface area contributed by atoms with E-state index in [0.717, 1.165) is 0 Å². The molecule has 6 nitrogen and oxygen atoms in total. The van der Waals surface area contributed by atoms with Crippen molar-refractivity contribution in [3.8, 4) is 11.5 Å². The molecule has 1 aliphatic heterocycles. The zero-order valence-electron chi connectivity index (χ0n) is 14.3. The van der Waals surface area contributed by atoms with Gasteiger partial charge in [0.2, 0.25) is 0 Å². The van der Waals surface area contributed by atoms with Gasteiger partial charge >= 0.3 is 0 Å².